The molecule has 1 unspecified atom stereocenters. The molecule has 1 N–H and O–H groups in total. The molecule has 0 radical (unpaired) electrons. The smallest absolute Gasteiger partial charge is 0.267 e. The number of hydrogen-bond donors (Lipinski definition) is 1. The van der Waals surface area contributed by atoms with Crippen molar-refractivity contribution in [3.63, 3.8) is 0 Å². The van der Waals surface area contributed by atoms with Crippen LogP contribution in [0.1, 0.15) is 36.7 Å². The molecule has 6 nitrogen and oxygen atoms in total. The SMILES string of the molecule is Cc1cc(C)n(CCCNC(=O)C2(C)CC(c3ccc(Cl)cc3)=NO2)n1. The summed E-state index contributed by atoms with van der Waals surface area (Å²) in [5.41, 5.74) is 2.82. The van der Waals surface area contributed by atoms with E-state index in [-0.39, 0.29) is 5.91 Å². The second kappa shape index (κ2) is 7.50. The van der Waals surface area contributed by atoms with Crippen LogP contribution in [0.4, 0.5) is 0 Å². The van der Waals surface area contributed by atoms with Gasteiger partial charge in [0, 0.05) is 30.2 Å². The van der Waals surface area contributed by atoms with Gasteiger partial charge in [-0.3, -0.25) is 9.48 Å². The van der Waals surface area contributed by atoms with Crippen molar-refractivity contribution < 1.29 is 9.63 Å². The van der Waals surface area contributed by atoms with E-state index in [1.165, 1.54) is 0 Å². The summed E-state index contributed by atoms with van der Waals surface area (Å²) in [6.07, 6.45) is 1.23. The molecule has 0 bridgehead atoms. The van der Waals surface area contributed by atoms with Crippen molar-refractivity contribution in [2.45, 2.75) is 45.8 Å². The highest BCUT2D eigenvalue weighted by molar-refractivity contribution is 6.30. The molecule has 0 saturated heterocycles. The molecular weight excluding hydrogens is 352 g/mol. The lowest BCUT2D eigenvalue weighted by Crippen LogP contribution is -2.45. The molecule has 0 spiro atoms. The van der Waals surface area contributed by atoms with E-state index in [4.69, 9.17) is 16.4 Å². The summed E-state index contributed by atoms with van der Waals surface area (Å²) in [6.45, 7) is 7.09. The van der Waals surface area contributed by atoms with Crippen molar-refractivity contribution in [1.82, 2.24) is 15.1 Å². The van der Waals surface area contributed by atoms with E-state index < -0.39 is 5.60 Å². The molecule has 1 atom stereocenters. The Hall–Kier alpha value is -2.34. The average molecular weight is 375 g/mol. The monoisotopic (exact) mass is 374 g/mol. The van der Waals surface area contributed by atoms with Crippen LogP contribution in [0.2, 0.25) is 5.02 Å². The van der Waals surface area contributed by atoms with Gasteiger partial charge in [0.2, 0.25) is 5.60 Å². The maximum atomic E-state index is 12.5. The molecule has 0 saturated carbocycles. The van der Waals surface area contributed by atoms with Gasteiger partial charge >= 0.3 is 0 Å². The second-order valence-corrected chi connectivity index (χ2v) is 7.24. The Bertz CT molecular complexity index is 829. The van der Waals surface area contributed by atoms with E-state index in [9.17, 15) is 4.79 Å². The number of nitrogens with one attached hydrogen (secondary N) is 1. The summed E-state index contributed by atoms with van der Waals surface area (Å²) in [5, 5.41) is 12.1. The van der Waals surface area contributed by atoms with Gasteiger partial charge in [-0.25, -0.2) is 0 Å². The molecule has 1 aliphatic heterocycles. The average Bonchev–Trinajstić information content (AvgIpc) is 3.15. The largest absolute Gasteiger partial charge is 0.379 e. The highest BCUT2D eigenvalue weighted by Crippen LogP contribution is 2.27. The minimum Gasteiger partial charge on any atom is -0.379 e. The molecule has 7 heteroatoms. The van der Waals surface area contributed by atoms with Crippen molar-refractivity contribution in [1.29, 1.82) is 0 Å². The standard InChI is InChI=1S/C19H23ClN4O2/c1-13-11-14(2)24(22-13)10-4-9-21-18(25)19(3)12-17(23-26-19)15-5-7-16(20)8-6-15/h5-8,11H,4,9-10,12H2,1-3H3,(H,21,25). The summed E-state index contributed by atoms with van der Waals surface area (Å²) < 4.78 is 1.96. The van der Waals surface area contributed by atoms with E-state index >= 15 is 0 Å². The first-order valence-corrected chi connectivity index (χ1v) is 9.05. The maximum absolute atomic E-state index is 12.5. The molecular formula is C19H23ClN4O2. The van der Waals surface area contributed by atoms with Crippen molar-refractivity contribution in [2.24, 2.45) is 5.16 Å². The Kier molecular flexibility index (Phi) is 5.32. The Morgan fingerprint density at radius 3 is 2.73 bits per heavy atom. The molecule has 26 heavy (non-hydrogen) atoms. The minimum atomic E-state index is -0.979. The van der Waals surface area contributed by atoms with Gasteiger partial charge in [-0.15, -0.1) is 0 Å². The first-order valence-electron chi connectivity index (χ1n) is 8.68. The Labute approximate surface area is 158 Å². The zero-order valence-corrected chi connectivity index (χ0v) is 16.0. The fraction of sp³-hybridized carbons (Fsp3) is 0.421. The number of carbonyl (C=O) groups excluding carboxylic acids is 1. The van der Waals surface area contributed by atoms with Crippen LogP contribution in [0, 0.1) is 13.8 Å². The Balaban J connectivity index is 1.49. The van der Waals surface area contributed by atoms with E-state index in [0.717, 1.165) is 35.6 Å². The lowest BCUT2D eigenvalue weighted by Gasteiger charge is -2.20. The third-order valence-corrected chi connectivity index (χ3v) is 4.71. The van der Waals surface area contributed by atoms with Crippen molar-refractivity contribution in [3.8, 4) is 0 Å². The fourth-order valence-electron chi connectivity index (χ4n) is 2.98. The number of carbonyl (C=O) groups is 1. The molecule has 0 fully saturated rings. The van der Waals surface area contributed by atoms with Gasteiger partial charge in [-0.05, 0) is 51.0 Å². The Morgan fingerprint density at radius 2 is 2.08 bits per heavy atom. The highest BCUT2D eigenvalue weighted by Gasteiger charge is 2.41. The van der Waals surface area contributed by atoms with Crippen molar-refractivity contribution in [2.75, 3.05) is 6.54 Å². The van der Waals surface area contributed by atoms with Crippen molar-refractivity contribution >= 4 is 23.2 Å². The molecule has 1 aromatic heterocycles. The molecule has 1 amide bonds. The Morgan fingerprint density at radius 1 is 1.35 bits per heavy atom. The van der Waals surface area contributed by atoms with Gasteiger partial charge in [0.1, 0.15) is 0 Å². The lowest BCUT2D eigenvalue weighted by molar-refractivity contribution is -0.141. The van der Waals surface area contributed by atoms with Gasteiger partial charge < -0.3 is 10.2 Å². The van der Waals surface area contributed by atoms with E-state index in [1.807, 2.05) is 36.7 Å². The van der Waals surface area contributed by atoms with Gasteiger partial charge in [0.05, 0.1) is 11.4 Å². The number of aryl methyl sites for hydroxylation is 3. The summed E-state index contributed by atoms with van der Waals surface area (Å²) in [6, 6.07) is 9.40. The number of oxime groups is 1. The van der Waals surface area contributed by atoms with E-state index in [1.54, 1.807) is 19.1 Å². The number of hydrogen-bond acceptors (Lipinski definition) is 4. The predicted octanol–water partition coefficient (Wildman–Crippen LogP) is 3.24. The normalized spacial score (nSPS) is 19.2. The number of amides is 1. The number of rotatable bonds is 6. The molecule has 1 aliphatic rings. The zero-order valence-electron chi connectivity index (χ0n) is 15.3. The summed E-state index contributed by atoms with van der Waals surface area (Å²) in [7, 11) is 0. The summed E-state index contributed by atoms with van der Waals surface area (Å²) >= 11 is 5.91. The van der Waals surface area contributed by atoms with Crippen LogP contribution >= 0.6 is 11.6 Å². The van der Waals surface area contributed by atoms with Gasteiger partial charge in [-0.1, -0.05) is 28.9 Å². The predicted molar refractivity (Wildman–Crippen MR) is 101 cm³/mol. The molecule has 2 aromatic rings. The number of aromatic nitrogens is 2. The first kappa shape index (κ1) is 18.5. The lowest BCUT2D eigenvalue weighted by atomic mass is 9.95. The van der Waals surface area contributed by atoms with Crippen molar-refractivity contribution in [3.05, 3.63) is 52.3 Å². The van der Waals surface area contributed by atoms with Crippen LogP contribution in [-0.2, 0) is 16.2 Å². The summed E-state index contributed by atoms with van der Waals surface area (Å²) in [5.74, 6) is -0.154. The molecule has 1 aromatic carbocycles. The van der Waals surface area contributed by atoms with E-state index in [2.05, 4.69) is 15.6 Å². The van der Waals surface area contributed by atoms with Crippen LogP contribution in [0.25, 0.3) is 0 Å². The van der Waals surface area contributed by atoms with E-state index in [0.29, 0.717) is 18.0 Å². The number of benzene rings is 1. The highest BCUT2D eigenvalue weighted by atomic mass is 35.5. The quantitative estimate of drug-likeness (QED) is 0.789. The molecule has 0 aliphatic carbocycles. The first-order chi connectivity index (χ1) is 12.4. The van der Waals surface area contributed by atoms with Gasteiger partial charge in [0.15, 0.2) is 0 Å². The van der Waals surface area contributed by atoms with Crippen LogP contribution < -0.4 is 5.32 Å². The molecule has 138 valence electrons. The molecule has 2 heterocycles. The third kappa shape index (κ3) is 4.07. The second-order valence-electron chi connectivity index (χ2n) is 6.80. The minimum absolute atomic E-state index is 0.154. The topological polar surface area (TPSA) is 68.5 Å². The summed E-state index contributed by atoms with van der Waals surface area (Å²) in [4.78, 5) is 18.0. The van der Waals surface area contributed by atoms with Gasteiger partial charge in [-0.2, -0.15) is 5.10 Å². The van der Waals surface area contributed by atoms with Crippen LogP contribution in [-0.4, -0.2) is 33.5 Å². The molecule has 3 rings (SSSR count). The maximum Gasteiger partial charge on any atom is 0.267 e. The van der Waals surface area contributed by atoms with Gasteiger partial charge in [0.25, 0.3) is 5.91 Å². The zero-order chi connectivity index (χ0) is 18.7. The number of halogens is 1. The number of nitrogens with zero attached hydrogens (tertiary/aromatic N) is 3. The van der Waals surface area contributed by atoms with Crippen LogP contribution in [0.15, 0.2) is 35.5 Å². The van der Waals surface area contributed by atoms with Crippen LogP contribution in [0.5, 0.6) is 0 Å². The van der Waals surface area contributed by atoms with Crippen LogP contribution in [0.3, 0.4) is 0 Å². The fourth-order valence-corrected chi connectivity index (χ4v) is 3.10. The third-order valence-electron chi connectivity index (χ3n) is 4.46.